The lowest BCUT2D eigenvalue weighted by atomic mass is 9.90. The van der Waals surface area contributed by atoms with Crippen LogP contribution in [0.3, 0.4) is 0 Å². The molecule has 0 heterocycles. The molecule has 2 heteroatoms. The van der Waals surface area contributed by atoms with E-state index in [2.05, 4.69) is 0 Å². The smallest absolute Gasteiger partial charge is 0.338 e. The van der Waals surface area contributed by atoms with E-state index in [4.69, 9.17) is 4.74 Å². The third-order valence-corrected chi connectivity index (χ3v) is 3.18. The van der Waals surface area contributed by atoms with Crippen LogP contribution in [0.2, 0.25) is 0 Å². The van der Waals surface area contributed by atoms with E-state index in [1.165, 1.54) is 32.1 Å². The summed E-state index contributed by atoms with van der Waals surface area (Å²) in [6.07, 6.45) is 6.33. The summed E-state index contributed by atoms with van der Waals surface area (Å²) < 4.78 is 5.33. The zero-order valence-electron chi connectivity index (χ0n) is 9.52. The molecular weight excluding hydrogens is 200 g/mol. The first-order chi connectivity index (χ1) is 7.86. The molecule has 0 bridgehead atoms. The molecule has 0 N–H and O–H groups in total. The Morgan fingerprint density at radius 1 is 1.12 bits per heavy atom. The average Bonchev–Trinajstić information content (AvgIpc) is 2.38. The van der Waals surface area contributed by atoms with Crippen LogP contribution in [0, 0.1) is 5.92 Å². The van der Waals surface area contributed by atoms with Crippen LogP contribution < -0.4 is 0 Å². The number of rotatable bonds is 3. The summed E-state index contributed by atoms with van der Waals surface area (Å²) in [4.78, 5) is 11.7. The second kappa shape index (κ2) is 5.69. The molecular formula is C14H18O2. The van der Waals surface area contributed by atoms with E-state index in [1.807, 2.05) is 18.2 Å². The largest absolute Gasteiger partial charge is 0.462 e. The van der Waals surface area contributed by atoms with Crippen molar-refractivity contribution in [2.24, 2.45) is 5.92 Å². The first-order valence-corrected chi connectivity index (χ1v) is 6.08. The summed E-state index contributed by atoms with van der Waals surface area (Å²) in [6, 6.07) is 9.21. The van der Waals surface area contributed by atoms with Gasteiger partial charge in [-0.1, -0.05) is 37.5 Å². The lowest BCUT2D eigenvalue weighted by molar-refractivity contribution is 0.0410. The molecule has 16 heavy (non-hydrogen) atoms. The molecule has 0 spiro atoms. The van der Waals surface area contributed by atoms with Gasteiger partial charge in [0.15, 0.2) is 0 Å². The monoisotopic (exact) mass is 218 g/mol. The fourth-order valence-corrected chi connectivity index (χ4v) is 2.20. The highest BCUT2D eigenvalue weighted by Gasteiger charge is 2.15. The summed E-state index contributed by atoms with van der Waals surface area (Å²) in [5, 5.41) is 0. The Morgan fingerprint density at radius 2 is 1.81 bits per heavy atom. The van der Waals surface area contributed by atoms with E-state index in [9.17, 15) is 4.79 Å². The lowest BCUT2D eigenvalue weighted by Gasteiger charge is -2.20. The summed E-state index contributed by atoms with van der Waals surface area (Å²) in [5.41, 5.74) is 0.651. The van der Waals surface area contributed by atoms with Crippen LogP contribution >= 0.6 is 0 Å². The van der Waals surface area contributed by atoms with Gasteiger partial charge in [-0.25, -0.2) is 4.79 Å². The maximum Gasteiger partial charge on any atom is 0.338 e. The van der Waals surface area contributed by atoms with Gasteiger partial charge < -0.3 is 4.74 Å². The molecule has 0 unspecified atom stereocenters. The first-order valence-electron chi connectivity index (χ1n) is 6.08. The maximum absolute atomic E-state index is 11.7. The standard InChI is InChI=1S/C14H18O2/c15-14(13-9-5-2-6-10-13)16-11-12-7-3-1-4-8-12/h2,5-6,9-10,12H,1,3-4,7-8,11H2. The van der Waals surface area contributed by atoms with Crippen LogP contribution in [-0.4, -0.2) is 12.6 Å². The number of hydrogen-bond donors (Lipinski definition) is 0. The fourth-order valence-electron chi connectivity index (χ4n) is 2.20. The van der Waals surface area contributed by atoms with Gasteiger partial charge in [-0.15, -0.1) is 0 Å². The molecule has 1 fully saturated rings. The third kappa shape index (κ3) is 3.09. The van der Waals surface area contributed by atoms with Gasteiger partial charge in [0.2, 0.25) is 0 Å². The Kier molecular flexibility index (Phi) is 3.97. The van der Waals surface area contributed by atoms with E-state index in [0.29, 0.717) is 18.1 Å². The minimum absolute atomic E-state index is 0.189. The highest BCUT2D eigenvalue weighted by Crippen LogP contribution is 2.23. The molecule has 1 aromatic rings. The summed E-state index contributed by atoms with van der Waals surface area (Å²) in [6.45, 7) is 0.591. The van der Waals surface area contributed by atoms with Gasteiger partial charge in [-0.2, -0.15) is 0 Å². The Bertz CT molecular complexity index is 326. The molecule has 0 aromatic heterocycles. The number of benzene rings is 1. The molecule has 1 aliphatic rings. The average molecular weight is 218 g/mol. The van der Waals surface area contributed by atoms with Crippen molar-refractivity contribution in [3.8, 4) is 0 Å². The van der Waals surface area contributed by atoms with Crippen molar-refractivity contribution >= 4 is 5.97 Å². The zero-order valence-corrected chi connectivity index (χ0v) is 9.52. The minimum atomic E-state index is -0.189. The van der Waals surface area contributed by atoms with Crippen molar-refractivity contribution in [1.82, 2.24) is 0 Å². The molecule has 1 aromatic carbocycles. The number of hydrogen-bond acceptors (Lipinski definition) is 2. The van der Waals surface area contributed by atoms with Crippen LogP contribution in [0.4, 0.5) is 0 Å². The maximum atomic E-state index is 11.7. The molecule has 1 saturated carbocycles. The van der Waals surface area contributed by atoms with Gasteiger partial charge in [-0.3, -0.25) is 0 Å². The molecule has 0 atom stereocenters. The number of carbonyl (C=O) groups is 1. The van der Waals surface area contributed by atoms with Crippen LogP contribution in [-0.2, 0) is 4.74 Å². The molecule has 0 aliphatic heterocycles. The molecule has 0 amide bonds. The molecule has 2 rings (SSSR count). The van der Waals surface area contributed by atoms with Gasteiger partial charge >= 0.3 is 5.97 Å². The quantitative estimate of drug-likeness (QED) is 0.726. The summed E-state index contributed by atoms with van der Waals surface area (Å²) in [7, 11) is 0. The highest BCUT2D eigenvalue weighted by molar-refractivity contribution is 5.89. The van der Waals surface area contributed by atoms with Crippen molar-refractivity contribution in [1.29, 1.82) is 0 Å². The second-order valence-electron chi connectivity index (χ2n) is 4.47. The third-order valence-electron chi connectivity index (χ3n) is 3.18. The normalized spacial score (nSPS) is 17.0. The topological polar surface area (TPSA) is 26.3 Å². The number of esters is 1. The molecule has 0 radical (unpaired) electrons. The first kappa shape index (κ1) is 11.2. The van der Waals surface area contributed by atoms with E-state index in [0.717, 1.165) is 0 Å². The Balaban J connectivity index is 1.79. The van der Waals surface area contributed by atoms with Crippen molar-refractivity contribution in [3.05, 3.63) is 35.9 Å². The van der Waals surface area contributed by atoms with Gasteiger partial charge in [-0.05, 0) is 30.9 Å². The summed E-state index contributed by atoms with van der Waals surface area (Å²) >= 11 is 0. The predicted octanol–water partition coefficient (Wildman–Crippen LogP) is 3.42. The van der Waals surface area contributed by atoms with Crippen LogP contribution in [0.25, 0.3) is 0 Å². The molecule has 2 nitrogen and oxygen atoms in total. The van der Waals surface area contributed by atoms with Gasteiger partial charge in [0.1, 0.15) is 0 Å². The molecule has 86 valence electrons. The van der Waals surface area contributed by atoms with Crippen molar-refractivity contribution in [3.63, 3.8) is 0 Å². The van der Waals surface area contributed by atoms with Crippen LogP contribution in [0.15, 0.2) is 30.3 Å². The zero-order chi connectivity index (χ0) is 11.2. The molecule has 0 saturated heterocycles. The van der Waals surface area contributed by atoms with E-state index >= 15 is 0 Å². The Labute approximate surface area is 96.6 Å². The SMILES string of the molecule is O=C(OCC1CCCCC1)c1ccccc1. The highest BCUT2D eigenvalue weighted by atomic mass is 16.5. The van der Waals surface area contributed by atoms with Crippen molar-refractivity contribution in [2.45, 2.75) is 32.1 Å². The van der Waals surface area contributed by atoms with Crippen molar-refractivity contribution < 1.29 is 9.53 Å². The second-order valence-corrected chi connectivity index (χ2v) is 4.47. The van der Waals surface area contributed by atoms with E-state index < -0.39 is 0 Å². The number of carbonyl (C=O) groups excluding carboxylic acids is 1. The number of ether oxygens (including phenoxy) is 1. The van der Waals surface area contributed by atoms with Crippen LogP contribution in [0.1, 0.15) is 42.5 Å². The predicted molar refractivity (Wildman–Crippen MR) is 63.3 cm³/mol. The van der Waals surface area contributed by atoms with Gasteiger partial charge in [0.25, 0.3) is 0 Å². The van der Waals surface area contributed by atoms with E-state index in [-0.39, 0.29) is 5.97 Å². The van der Waals surface area contributed by atoms with E-state index in [1.54, 1.807) is 12.1 Å². The molecule has 1 aliphatic carbocycles. The Morgan fingerprint density at radius 3 is 2.50 bits per heavy atom. The fraction of sp³-hybridized carbons (Fsp3) is 0.500. The van der Waals surface area contributed by atoms with Crippen molar-refractivity contribution in [2.75, 3.05) is 6.61 Å². The lowest BCUT2D eigenvalue weighted by Crippen LogP contribution is -2.16. The van der Waals surface area contributed by atoms with Gasteiger partial charge in [0, 0.05) is 0 Å². The Hall–Kier alpha value is -1.31. The van der Waals surface area contributed by atoms with Crippen LogP contribution in [0.5, 0.6) is 0 Å². The summed E-state index contributed by atoms with van der Waals surface area (Å²) in [5.74, 6) is 0.396. The minimum Gasteiger partial charge on any atom is -0.462 e. The van der Waals surface area contributed by atoms with Gasteiger partial charge in [0.05, 0.1) is 12.2 Å².